The summed E-state index contributed by atoms with van der Waals surface area (Å²) in [5.41, 5.74) is 1.88. The van der Waals surface area contributed by atoms with Crippen molar-refractivity contribution in [3.05, 3.63) is 42.9 Å². The SMILES string of the molecule is CN1CC(=O)N2C[C@@H](n3ccnc3-c3cccc4ccnn34)C[C@H]2C1=O. The van der Waals surface area contributed by atoms with Gasteiger partial charge in [0, 0.05) is 26.0 Å². The third-order valence-electron chi connectivity index (χ3n) is 5.35. The first kappa shape index (κ1) is 15.1. The molecule has 0 N–H and O–H groups in total. The Morgan fingerprint density at radius 1 is 1.15 bits per heavy atom. The summed E-state index contributed by atoms with van der Waals surface area (Å²) in [5.74, 6) is 0.816. The van der Waals surface area contributed by atoms with Gasteiger partial charge in [-0.2, -0.15) is 5.10 Å². The van der Waals surface area contributed by atoms with Crippen LogP contribution in [0.15, 0.2) is 42.9 Å². The van der Waals surface area contributed by atoms with Crippen LogP contribution in [0.25, 0.3) is 17.0 Å². The van der Waals surface area contributed by atoms with Crippen LogP contribution >= 0.6 is 0 Å². The Morgan fingerprint density at radius 2 is 2.04 bits per heavy atom. The number of rotatable bonds is 2. The number of aromatic nitrogens is 4. The van der Waals surface area contributed by atoms with Crippen molar-refractivity contribution in [1.29, 1.82) is 0 Å². The minimum absolute atomic E-state index is 0.00967. The monoisotopic (exact) mass is 350 g/mol. The number of amides is 2. The second-order valence-corrected chi connectivity index (χ2v) is 6.88. The van der Waals surface area contributed by atoms with Crippen molar-refractivity contribution in [3.63, 3.8) is 0 Å². The van der Waals surface area contributed by atoms with Gasteiger partial charge >= 0.3 is 0 Å². The molecule has 0 aromatic carbocycles. The molecule has 132 valence electrons. The van der Waals surface area contributed by atoms with Gasteiger partial charge in [0.1, 0.15) is 11.7 Å². The number of likely N-dealkylation sites (N-methyl/N-ethyl adjacent to an activating group) is 1. The topological polar surface area (TPSA) is 75.7 Å². The van der Waals surface area contributed by atoms with Gasteiger partial charge in [0.2, 0.25) is 11.8 Å². The molecule has 0 spiro atoms. The van der Waals surface area contributed by atoms with E-state index < -0.39 is 0 Å². The summed E-state index contributed by atoms with van der Waals surface area (Å²) in [6, 6.07) is 7.54. The minimum atomic E-state index is -0.373. The molecule has 0 aliphatic carbocycles. The van der Waals surface area contributed by atoms with Gasteiger partial charge in [-0.15, -0.1) is 0 Å². The molecule has 2 saturated heterocycles. The van der Waals surface area contributed by atoms with Crippen LogP contribution in [0.2, 0.25) is 0 Å². The molecule has 26 heavy (non-hydrogen) atoms. The van der Waals surface area contributed by atoms with E-state index in [1.807, 2.05) is 35.0 Å². The van der Waals surface area contributed by atoms with Crippen LogP contribution in [-0.2, 0) is 9.59 Å². The van der Waals surface area contributed by atoms with Gasteiger partial charge in [-0.3, -0.25) is 9.59 Å². The number of pyridine rings is 1. The average Bonchev–Trinajstić information content (AvgIpc) is 3.36. The lowest BCUT2D eigenvalue weighted by Crippen LogP contribution is -2.55. The van der Waals surface area contributed by atoms with Crippen LogP contribution < -0.4 is 0 Å². The van der Waals surface area contributed by atoms with Gasteiger partial charge in [0.15, 0.2) is 5.82 Å². The van der Waals surface area contributed by atoms with E-state index >= 15 is 0 Å². The van der Waals surface area contributed by atoms with Gasteiger partial charge in [0.25, 0.3) is 0 Å². The number of nitrogens with zero attached hydrogens (tertiary/aromatic N) is 6. The van der Waals surface area contributed by atoms with Crippen molar-refractivity contribution in [2.24, 2.45) is 0 Å². The summed E-state index contributed by atoms with van der Waals surface area (Å²) in [5, 5.41) is 4.39. The van der Waals surface area contributed by atoms with Crippen LogP contribution in [0, 0.1) is 0 Å². The Bertz CT molecular complexity index is 1020. The zero-order valence-corrected chi connectivity index (χ0v) is 14.3. The molecule has 2 aliphatic heterocycles. The predicted octanol–water partition coefficient (Wildman–Crippen LogP) is 0.812. The summed E-state index contributed by atoms with van der Waals surface area (Å²) in [7, 11) is 1.69. The van der Waals surface area contributed by atoms with Gasteiger partial charge in [-0.05, 0) is 24.6 Å². The Labute approximate surface area is 149 Å². The van der Waals surface area contributed by atoms with Gasteiger partial charge < -0.3 is 14.4 Å². The summed E-state index contributed by atoms with van der Waals surface area (Å²) < 4.78 is 3.92. The number of hydrogen-bond donors (Lipinski definition) is 0. The summed E-state index contributed by atoms with van der Waals surface area (Å²) >= 11 is 0. The van der Waals surface area contributed by atoms with E-state index in [9.17, 15) is 9.59 Å². The predicted molar refractivity (Wildman–Crippen MR) is 93.2 cm³/mol. The maximum atomic E-state index is 12.5. The van der Waals surface area contributed by atoms with E-state index in [-0.39, 0.29) is 30.4 Å². The van der Waals surface area contributed by atoms with Crippen molar-refractivity contribution in [3.8, 4) is 11.5 Å². The Hall–Kier alpha value is -3.16. The van der Waals surface area contributed by atoms with Gasteiger partial charge in [-0.25, -0.2) is 9.50 Å². The van der Waals surface area contributed by atoms with E-state index in [1.54, 1.807) is 24.3 Å². The number of hydrogen-bond acceptors (Lipinski definition) is 4. The first-order valence-corrected chi connectivity index (χ1v) is 8.64. The van der Waals surface area contributed by atoms with Gasteiger partial charge in [-0.1, -0.05) is 6.07 Å². The maximum absolute atomic E-state index is 12.5. The number of carbonyl (C=O) groups excluding carboxylic acids is 2. The second kappa shape index (κ2) is 5.42. The van der Waals surface area contributed by atoms with Crippen LogP contribution in [0.5, 0.6) is 0 Å². The van der Waals surface area contributed by atoms with Crippen molar-refractivity contribution >= 4 is 17.3 Å². The third-order valence-corrected chi connectivity index (χ3v) is 5.35. The largest absolute Gasteiger partial charge is 0.335 e. The number of imidazole rings is 1. The first-order valence-electron chi connectivity index (χ1n) is 8.64. The minimum Gasteiger partial charge on any atom is -0.335 e. The standard InChI is InChI=1S/C18H18N6O2/c1-21-11-16(25)23-10-13(9-15(23)18(21)26)22-8-7-19-17(22)14-4-2-3-12-5-6-20-24(12)14/h2-8,13,15H,9-11H2,1H3/t13-,15-/m0/s1. The highest BCUT2D eigenvalue weighted by Crippen LogP contribution is 2.33. The number of fused-ring (bicyclic) bond motifs is 2. The Balaban J connectivity index is 1.54. The summed E-state index contributed by atoms with van der Waals surface area (Å²) in [6.45, 7) is 0.687. The molecule has 0 saturated carbocycles. The molecular formula is C18H18N6O2. The Kier molecular flexibility index (Phi) is 3.15. The van der Waals surface area contributed by atoms with Crippen LogP contribution in [0.4, 0.5) is 0 Å². The van der Waals surface area contributed by atoms with E-state index in [4.69, 9.17) is 0 Å². The van der Waals surface area contributed by atoms with Crippen molar-refractivity contribution in [2.45, 2.75) is 18.5 Å². The van der Waals surface area contributed by atoms with Crippen molar-refractivity contribution in [2.75, 3.05) is 20.1 Å². The molecule has 8 heteroatoms. The molecule has 2 amide bonds. The lowest BCUT2D eigenvalue weighted by atomic mass is 10.1. The second-order valence-electron chi connectivity index (χ2n) is 6.88. The molecule has 2 aliphatic rings. The molecule has 5 rings (SSSR count). The molecule has 3 aromatic rings. The van der Waals surface area contributed by atoms with E-state index in [2.05, 4.69) is 14.6 Å². The fraction of sp³-hybridized carbons (Fsp3) is 0.333. The maximum Gasteiger partial charge on any atom is 0.245 e. The molecule has 0 unspecified atom stereocenters. The van der Waals surface area contributed by atoms with Crippen molar-refractivity contribution < 1.29 is 9.59 Å². The fourth-order valence-corrected chi connectivity index (χ4v) is 4.08. The molecule has 8 nitrogen and oxygen atoms in total. The molecule has 2 atom stereocenters. The number of carbonyl (C=O) groups is 2. The summed E-state index contributed by atoms with van der Waals surface area (Å²) in [4.78, 5) is 32.6. The molecule has 0 radical (unpaired) electrons. The van der Waals surface area contributed by atoms with Crippen molar-refractivity contribution in [1.82, 2.24) is 29.0 Å². The normalized spacial score (nSPS) is 23.1. The highest BCUT2D eigenvalue weighted by Gasteiger charge is 2.45. The van der Waals surface area contributed by atoms with Crippen LogP contribution in [-0.4, -0.2) is 67.0 Å². The Morgan fingerprint density at radius 3 is 2.92 bits per heavy atom. The first-order chi connectivity index (χ1) is 12.6. The van der Waals surface area contributed by atoms with E-state index in [1.165, 1.54) is 4.90 Å². The molecule has 3 aromatic heterocycles. The molecular weight excluding hydrogens is 332 g/mol. The molecule has 0 bridgehead atoms. The van der Waals surface area contributed by atoms with Crippen LogP contribution in [0.3, 0.4) is 0 Å². The lowest BCUT2D eigenvalue weighted by molar-refractivity contribution is -0.152. The molecule has 5 heterocycles. The summed E-state index contributed by atoms with van der Waals surface area (Å²) in [6.07, 6.45) is 6.03. The smallest absolute Gasteiger partial charge is 0.245 e. The zero-order chi connectivity index (χ0) is 17.8. The van der Waals surface area contributed by atoms with Gasteiger partial charge in [0.05, 0.1) is 24.3 Å². The average molecular weight is 350 g/mol. The van der Waals surface area contributed by atoms with Crippen LogP contribution in [0.1, 0.15) is 12.5 Å². The zero-order valence-electron chi connectivity index (χ0n) is 14.3. The van der Waals surface area contributed by atoms with E-state index in [0.29, 0.717) is 13.0 Å². The van der Waals surface area contributed by atoms with E-state index in [0.717, 1.165) is 17.0 Å². The fourth-order valence-electron chi connectivity index (χ4n) is 4.08. The highest BCUT2D eigenvalue weighted by atomic mass is 16.2. The highest BCUT2D eigenvalue weighted by molar-refractivity contribution is 5.95. The lowest BCUT2D eigenvalue weighted by Gasteiger charge is -2.33. The molecule has 2 fully saturated rings. The number of piperazine rings is 1. The quantitative estimate of drug-likeness (QED) is 0.685. The third kappa shape index (κ3) is 2.08.